The normalized spacial score (nSPS) is 11.6. The molecule has 0 saturated carbocycles. The minimum Gasteiger partial charge on any atom is -0.768 e. The number of hydrogen-bond acceptors (Lipinski definition) is 3. The Bertz CT molecular complexity index is 382. The summed E-state index contributed by atoms with van der Waals surface area (Å²) in [6, 6.07) is 3.48. The van der Waals surface area contributed by atoms with Crippen molar-refractivity contribution in [2.24, 2.45) is 0 Å². The Morgan fingerprint density at radius 3 is 2.50 bits per heavy atom. The number of carboxylic acids is 1. The summed E-state index contributed by atoms with van der Waals surface area (Å²) >= 11 is 3.00. The van der Waals surface area contributed by atoms with E-state index in [4.69, 9.17) is 16.7 Å². The Morgan fingerprint density at radius 1 is 1.50 bits per heavy atom. The van der Waals surface area contributed by atoms with Crippen molar-refractivity contribution >= 4 is 28.7 Å². The van der Waals surface area contributed by atoms with Gasteiger partial charge in [0.1, 0.15) is 0 Å². The number of rotatable bonds is 2. The van der Waals surface area contributed by atoms with Gasteiger partial charge in [0.15, 0.2) is 0 Å². The standard InChI is InChI=1S/C7H5ClO4S.Na/c8-5-2-1-4(7(9)10)3-6(5)13(11)12;/h1-3H,(H,9,10)(H,11,12);/q;+1/p-1. The smallest absolute Gasteiger partial charge is 0.768 e. The first-order valence-electron chi connectivity index (χ1n) is 3.14. The van der Waals surface area contributed by atoms with Gasteiger partial charge in [-0.3, -0.25) is 4.21 Å². The fraction of sp³-hybridized carbons (Fsp3) is 0. The summed E-state index contributed by atoms with van der Waals surface area (Å²) in [7, 11) is 0. The van der Waals surface area contributed by atoms with Crippen LogP contribution >= 0.6 is 11.6 Å². The maximum absolute atomic E-state index is 10.5. The largest absolute Gasteiger partial charge is 1.00 e. The van der Waals surface area contributed by atoms with Crippen LogP contribution in [0, 0.1) is 0 Å². The van der Waals surface area contributed by atoms with Crippen molar-refractivity contribution in [3.63, 3.8) is 0 Å². The molecule has 0 fully saturated rings. The molecule has 14 heavy (non-hydrogen) atoms. The van der Waals surface area contributed by atoms with Gasteiger partial charge >= 0.3 is 35.5 Å². The van der Waals surface area contributed by atoms with Gasteiger partial charge in [-0.25, -0.2) is 4.79 Å². The number of carboxylic acid groups (broad SMARTS) is 1. The van der Waals surface area contributed by atoms with Crippen molar-refractivity contribution in [2.75, 3.05) is 0 Å². The number of benzene rings is 1. The summed E-state index contributed by atoms with van der Waals surface area (Å²) in [6.45, 7) is 0. The zero-order valence-electron chi connectivity index (χ0n) is 7.19. The van der Waals surface area contributed by atoms with Crippen molar-refractivity contribution in [3.05, 3.63) is 28.8 Å². The molecular formula is C7H4ClNaO4S. The average Bonchev–Trinajstić information content (AvgIpc) is 2.04. The van der Waals surface area contributed by atoms with Crippen molar-refractivity contribution in [2.45, 2.75) is 4.90 Å². The summed E-state index contributed by atoms with van der Waals surface area (Å²) in [5.74, 6) is -1.19. The molecule has 0 spiro atoms. The summed E-state index contributed by atoms with van der Waals surface area (Å²) in [5.41, 5.74) is -0.108. The molecule has 0 aliphatic rings. The molecule has 0 aliphatic carbocycles. The van der Waals surface area contributed by atoms with E-state index in [0.717, 1.165) is 6.07 Å². The molecule has 0 bridgehead atoms. The zero-order valence-corrected chi connectivity index (χ0v) is 10.8. The van der Waals surface area contributed by atoms with Crippen LogP contribution in [-0.2, 0) is 11.1 Å². The molecule has 0 saturated heterocycles. The second-order valence-corrected chi connectivity index (χ2v) is 3.50. The summed E-state index contributed by atoms with van der Waals surface area (Å²) in [5, 5.41) is 8.55. The fourth-order valence-electron chi connectivity index (χ4n) is 0.764. The molecule has 0 amide bonds. The summed E-state index contributed by atoms with van der Waals surface area (Å²) < 4.78 is 21.0. The van der Waals surface area contributed by atoms with Crippen LogP contribution in [0.3, 0.4) is 0 Å². The van der Waals surface area contributed by atoms with Gasteiger partial charge in [-0.2, -0.15) is 0 Å². The maximum Gasteiger partial charge on any atom is 1.00 e. The van der Waals surface area contributed by atoms with Gasteiger partial charge in [0.2, 0.25) is 0 Å². The SMILES string of the molecule is O=C(O)c1ccc(Cl)c(S(=O)[O-])c1.[Na+]. The Labute approximate surface area is 110 Å². The van der Waals surface area contributed by atoms with Crippen LogP contribution in [0.5, 0.6) is 0 Å². The molecule has 1 rings (SSSR count). The first-order chi connectivity index (χ1) is 6.02. The van der Waals surface area contributed by atoms with Crippen LogP contribution < -0.4 is 29.6 Å². The minimum atomic E-state index is -2.51. The molecule has 7 heteroatoms. The molecule has 1 N–H and O–H groups in total. The van der Waals surface area contributed by atoms with E-state index in [-0.39, 0.29) is 45.0 Å². The fourth-order valence-corrected chi connectivity index (χ4v) is 1.52. The van der Waals surface area contributed by atoms with E-state index in [1.54, 1.807) is 0 Å². The Morgan fingerprint density at radius 2 is 2.07 bits per heavy atom. The third kappa shape index (κ3) is 3.34. The molecule has 1 unspecified atom stereocenters. The first kappa shape index (κ1) is 14.1. The van der Waals surface area contributed by atoms with Crippen LogP contribution in [0.15, 0.2) is 23.1 Å². The monoisotopic (exact) mass is 242 g/mol. The van der Waals surface area contributed by atoms with Gasteiger partial charge in [-0.1, -0.05) is 11.6 Å². The van der Waals surface area contributed by atoms with Crippen molar-refractivity contribution < 1.29 is 48.2 Å². The van der Waals surface area contributed by atoms with E-state index in [1.807, 2.05) is 0 Å². The molecule has 0 aliphatic heterocycles. The van der Waals surface area contributed by atoms with Gasteiger partial charge in [0.05, 0.1) is 10.6 Å². The summed E-state index contributed by atoms with van der Waals surface area (Å²) in [6.07, 6.45) is 0. The molecule has 1 aromatic rings. The van der Waals surface area contributed by atoms with Crippen molar-refractivity contribution in [1.82, 2.24) is 0 Å². The molecular weight excluding hydrogens is 239 g/mol. The van der Waals surface area contributed by atoms with Crippen LogP contribution in [0.4, 0.5) is 0 Å². The predicted molar refractivity (Wildman–Crippen MR) is 45.6 cm³/mol. The number of carbonyl (C=O) groups is 1. The van der Waals surface area contributed by atoms with Crippen LogP contribution in [-0.4, -0.2) is 19.8 Å². The van der Waals surface area contributed by atoms with Crippen molar-refractivity contribution in [1.29, 1.82) is 0 Å². The Balaban J connectivity index is 0.00000169. The molecule has 70 valence electrons. The number of aromatic carboxylic acids is 1. The molecule has 4 nitrogen and oxygen atoms in total. The van der Waals surface area contributed by atoms with Gasteiger partial charge in [0, 0.05) is 4.90 Å². The van der Waals surface area contributed by atoms with E-state index < -0.39 is 17.0 Å². The minimum absolute atomic E-state index is 0. The second kappa shape index (κ2) is 5.85. The third-order valence-electron chi connectivity index (χ3n) is 1.36. The van der Waals surface area contributed by atoms with Gasteiger partial charge in [-0.15, -0.1) is 0 Å². The molecule has 0 heterocycles. The topological polar surface area (TPSA) is 77.4 Å². The quantitative estimate of drug-likeness (QED) is 0.494. The number of halogens is 1. The Hall–Kier alpha value is 0.0900. The van der Waals surface area contributed by atoms with Gasteiger partial charge in [0.25, 0.3) is 0 Å². The predicted octanol–water partition coefficient (Wildman–Crippen LogP) is -1.72. The van der Waals surface area contributed by atoms with Crippen LogP contribution in [0.2, 0.25) is 5.02 Å². The van der Waals surface area contributed by atoms with Gasteiger partial charge in [-0.05, 0) is 29.3 Å². The van der Waals surface area contributed by atoms with E-state index in [1.165, 1.54) is 12.1 Å². The summed E-state index contributed by atoms with van der Waals surface area (Å²) in [4.78, 5) is 10.2. The molecule has 0 radical (unpaired) electrons. The number of hydrogen-bond donors (Lipinski definition) is 1. The third-order valence-corrected chi connectivity index (χ3v) is 2.50. The van der Waals surface area contributed by atoms with E-state index >= 15 is 0 Å². The average molecular weight is 243 g/mol. The second-order valence-electron chi connectivity index (χ2n) is 2.19. The maximum atomic E-state index is 10.5. The van der Waals surface area contributed by atoms with E-state index in [2.05, 4.69) is 0 Å². The molecule has 0 aromatic heterocycles. The van der Waals surface area contributed by atoms with E-state index in [0.29, 0.717) is 0 Å². The van der Waals surface area contributed by atoms with Crippen LogP contribution in [0.1, 0.15) is 10.4 Å². The first-order valence-corrected chi connectivity index (χ1v) is 4.60. The van der Waals surface area contributed by atoms with E-state index in [9.17, 15) is 13.6 Å². The van der Waals surface area contributed by atoms with Gasteiger partial charge < -0.3 is 9.66 Å². The Kier molecular flexibility index (Phi) is 5.88. The molecule has 1 atom stereocenters. The molecule has 1 aromatic carbocycles. The van der Waals surface area contributed by atoms with Crippen molar-refractivity contribution in [3.8, 4) is 0 Å². The zero-order chi connectivity index (χ0) is 10.0. The van der Waals surface area contributed by atoms with Crippen LogP contribution in [0.25, 0.3) is 0 Å².